The van der Waals surface area contributed by atoms with Crippen LogP contribution in [0.5, 0.6) is 0 Å². The third-order valence-corrected chi connectivity index (χ3v) is 2.89. The number of hydrogen-bond donors (Lipinski definition) is 0. The molecule has 2 nitrogen and oxygen atoms in total. The average Bonchev–Trinajstić information content (AvgIpc) is 2.99. The Labute approximate surface area is 91.2 Å². The average molecular weight is 206 g/mol. The molecule has 0 spiro atoms. The smallest absolute Gasteiger partial charge is 0.0717 e. The molecule has 0 heterocycles. The Hall–Kier alpha value is -0.860. The summed E-state index contributed by atoms with van der Waals surface area (Å²) in [6.07, 6.45) is 1.27. The molecule has 0 N–H and O–H groups in total. The molecule has 15 heavy (non-hydrogen) atoms. The predicted octanol–water partition coefficient (Wildman–Crippen LogP) is 2.49. The van der Waals surface area contributed by atoms with Gasteiger partial charge in [-0.25, -0.2) is 0 Å². The zero-order chi connectivity index (χ0) is 10.5. The van der Waals surface area contributed by atoms with Crippen LogP contribution in [0.4, 0.5) is 0 Å². The number of ether oxygens (including phenoxy) is 2. The van der Waals surface area contributed by atoms with Gasteiger partial charge in [0.05, 0.1) is 13.2 Å². The van der Waals surface area contributed by atoms with Crippen molar-refractivity contribution in [3.05, 3.63) is 35.9 Å². The van der Waals surface area contributed by atoms with Gasteiger partial charge in [0.15, 0.2) is 0 Å². The van der Waals surface area contributed by atoms with Crippen molar-refractivity contribution in [1.82, 2.24) is 0 Å². The maximum Gasteiger partial charge on any atom is 0.0717 e. The van der Waals surface area contributed by atoms with Gasteiger partial charge in [-0.2, -0.15) is 0 Å². The van der Waals surface area contributed by atoms with Crippen LogP contribution in [-0.2, 0) is 16.1 Å². The molecule has 2 atom stereocenters. The van der Waals surface area contributed by atoms with Gasteiger partial charge in [0.25, 0.3) is 0 Å². The molecular weight excluding hydrogens is 188 g/mol. The van der Waals surface area contributed by atoms with Crippen molar-refractivity contribution >= 4 is 0 Å². The van der Waals surface area contributed by atoms with Crippen LogP contribution in [0.1, 0.15) is 12.0 Å². The molecule has 1 fully saturated rings. The van der Waals surface area contributed by atoms with Crippen molar-refractivity contribution in [2.45, 2.75) is 13.0 Å². The van der Waals surface area contributed by atoms with Crippen LogP contribution in [0.15, 0.2) is 30.3 Å². The van der Waals surface area contributed by atoms with Crippen LogP contribution >= 0.6 is 0 Å². The minimum atomic E-state index is 0.730. The Bertz CT molecular complexity index is 284. The van der Waals surface area contributed by atoms with Crippen molar-refractivity contribution in [3.8, 4) is 0 Å². The summed E-state index contributed by atoms with van der Waals surface area (Å²) in [5.41, 5.74) is 1.25. The lowest BCUT2D eigenvalue weighted by Gasteiger charge is -2.03. The van der Waals surface area contributed by atoms with E-state index in [0.717, 1.165) is 31.7 Å². The van der Waals surface area contributed by atoms with E-state index in [0.29, 0.717) is 0 Å². The van der Waals surface area contributed by atoms with Crippen LogP contribution < -0.4 is 0 Å². The molecule has 0 saturated heterocycles. The fourth-order valence-electron chi connectivity index (χ4n) is 1.84. The number of hydrogen-bond acceptors (Lipinski definition) is 2. The van der Waals surface area contributed by atoms with E-state index in [4.69, 9.17) is 9.47 Å². The van der Waals surface area contributed by atoms with E-state index >= 15 is 0 Å². The van der Waals surface area contributed by atoms with Crippen molar-refractivity contribution < 1.29 is 9.47 Å². The summed E-state index contributed by atoms with van der Waals surface area (Å²) in [7, 11) is 1.76. The van der Waals surface area contributed by atoms with Gasteiger partial charge in [0.1, 0.15) is 0 Å². The van der Waals surface area contributed by atoms with Crippen molar-refractivity contribution in [2.24, 2.45) is 11.8 Å². The first kappa shape index (κ1) is 10.7. The van der Waals surface area contributed by atoms with E-state index in [2.05, 4.69) is 12.1 Å². The van der Waals surface area contributed by atoms with Crippen molar-refractivity contribution in [2.75, 3.05) is 20.3 Å². The molecule has 2 rings (SSSR count). The highest BCUT2D eigenvalue weighted by molar-refractivity contribution is 5.13. The molecule has 0 bridgehead atoms. The maximum atomic E-state index is 5.66. The zero-order valence-corrected chi connectivity index (χ0v) is 9.19. The van der Waals surface area contributed by atoms with E-state index in [9.17, 15) is 0 Å². The van der Waals surface area contributed by atoms with E-state index in [1.54, 1.807) is 7.11 Å². The molecule has 1 aliphatic rings. The first-order valence-electron chi connectivity index (χ1n) is 5.50. The Balaban J connectivity index is 1.60. The quantitative estimate of drug-likeness (QED) is 0.712. The first-order valence-corrected chi connectivity index (χ1v) is 5.50. The van der Waals surface area contributed by atoms with E-state index in [-0.39, 0.29) is 0 Å². The first-order chi connectivity index (χ1) is 7.40. The van der Waals surface area contributed by atoms with E-state index < -0.39 is 0 Å². The highest BCUT2D eigenvalue weighted by atomic mass is 16.5. The number of benzene rings is 1. The largest absolute Gasteiger partial charge is 0.384 e. The van der Waals surface area contributed by atoms with E-state index in [1.165, 1.54) is 12.0 Å². The second kappa shape index (κ2) is 5.29. The van der Waals surface area contributed by atoms with Crippen LogP contribution in [-0.4, -0.2) is 20.3 Å². The Kier molecular flexibility index (Phi) is 3.75. The molecular formula is C13H18O2. The zero-order valence-electron chi connectivity index (χ0n) is 9.19. The Morgan fingerprint density at radius 2 is 1.87 bits per heavy atom. The normalized spacial score (nSPS) is 24.1. The molecule has 82 valence electrons. The van der Waals surface area contributed by atoms with Gasteiger partial charge in [0.2, 0.25) is 0 Å². The minimum absolute atomic E-state index is 0.730. The monoisotopic (exact) mass is 206 g/mol. The highest BCUT2D eigenvalue weighted by Gasteiger charge is 2.36. The van der Waals surface area contributed by atoms with Gasteiger partial charge in [-0.1, -0.05) is 30.3 Å². The summed E-state index contributed by atoms with van der Waals surface area (Å²) in [5, 5.41) is 0. The minimum Gasteiger partial charge on any atom is -0.384 e. The van der Waals surface area contributed by atoms with Crippen LogP contribution in [0.3, 0.4) is 0 Å². The molecule has 1 aromatic carbocycles. The van der Waals surface area contributed by atoms with Crippen LogP contribution in [0, 0.1) is 11.8 Å². The summed E-state index contributed by atoms with van der Waals surface area (Å²) >= 11 is 0. The fraction of sp³-hybridized carbons (Fsp3) is 0.538. The van der Waals surface area contributed by atoms with Gasteiger partial charge >= 0.3 is 0 Å². The summed E-state index contributed by atoms with van der Waals surface area (Å²) in [6, 6.07) is 10.3. The summed E-state index contributed by atoms with van der Waals surface area (Å²) < 4.78 is 10.8. The molecule has 0 aliphatic heterocycles. The SMILES string of the molecule is COC[C@H]1C[C@@H]1COCc1ccccc1. The molecule has 0 unspecified atom stereocenters. The second-order valence-corrected chi connectivity index (χ2v) is 4.21. The number of methoxy groups -OCH3 is 1. The van der Waals surface area contributed by atoms with Gasteiger partial charge < -0.3 is 9.47 Å². The number of rotatable bonds is 6. The van der Waals surface area contributed by atoms with Crippen molar-refractivity contribution in [3.63, 3.8) is 0 Å². The van der Waals surface area contributed by atoms with Gasteiger partial charge in [0, 0.05) is 13.7 Å². The molecule has 1 aliphatic carbocycles. The molecule has 1 aromatic rings. The van der Waals surface area contributed by atoms with E-state index in [1.807, 2.05) is 18.2 Å². The molecule has 1 saturated carbocycles. The molecule has 2 heteroatoms. The molecule has 0 aromatic heterocycles. The Morgan fingerprint density at radius 3 is 2.60 bits per heavy atom. The summed E-state index contributed by atoms with van der Waals surface area (Å²) in [5.74, 6) is 1.47. The highest BCUT2D eigenvalue weighted by Crippen LogP contribution is 2.38. The van der Waals surface area contributed by atoms with Crippen molar-refractivity contribution in [1.29, 1.82) is 0 Å². The lowest BCUT2D eigenvalue weighted by atomic mass is 10.2. The molecule has 0 amide bonds. The summed E-state index contributed by atoms with van der Waals surface area (Å²) in [4.78, 5) is 0. The predicted molar refractivity (Wildman–Crippen MR) is 59.6 cm³/mol. The van der Waals surface area contributed by atoms with Gasteiger partial charge in [-0.3, -0.25) is 0 Å². The Morgan fingerprint density at radius 1 is 1.13 bits per heavy atom. The van der Waals surface area contributed by atoms with Crippen LogP contribution in [0.25, 0.3) is 0 Å². The third kappa shape index (κ3) is 3.33. The standard InChI is InChI=1S/C13H18O2/c1-14-9-12-7-13(12)10-15-8-11-5-3-2-4-6-11/h2-6,12-13H,7-10H2,1H3/t12-,13-/m1/s1. The topological polar surface area (TPSA) is 18.5 Å². The fourth-order valence-corrected chi connectivity index (χ4v) is 1.84. The summed E-state index contributed by atoms with van der Waals surface area (Å²) in [6.45, 7) is 2.50. The van der Waals surface area contributed by atoms with Gasteiger partial charge in [-0.15, -0.1) is 0 Å². The third-order valence-electron chi connectivity index (χ3n) is 2.89. The molecule has 0 radical (unpaired) electrons. The lowest BCUT2D eigenvalue weighted by molar-refractivity contribution is 0.100. The second-order valence-electron chi connectivity index (χ2n) is 4.21. The lowest BCUT2D eigenvalue weighted by Crippen LogP contribution is -2.01. The van der Waals surface area contributed by atoms with Gasteiger partial charge in [-0.05, 0) is 23.8 Å². The maximum absolute atomic E-state index is 5.66. The van der Waals surface area contributed by atoms with Crippen LogP contribution in [0.2, 0.25) is 0 Å².